The Morgan fingerprint density at radius 2 is 1.64 bits per heavy atom. The maximum atomic E-state index is 12.7. The molecule has 2 aromatic heterocycles. The highest BCUT2D eigenvalue weighted by atomic mass is 32.2. The van der Waals surface area contributed by atoms with Crippen molar-refractivity contribution in [3.63, 3.8) is 0 Å². The van der Waals surface area contributed by atoms with Gasteiger partial charge in [-0.25, -0.2) is 0 Å². The Hall–Kier alpha value is -3.14. The molecular formula is C22H16N2O2S2. The summed E-state index contributed by atoms with van der Waals surface area (Å²) in [5.41, 5.74) is 2.56. The Morgan fingerprint density at radius 1 is 0.893 bits per heavy atom. The maximum Gasteiger partial charge on any atom is 0.282 e. The SMILES string of the molecule is Cc1ccc(S(=O)(=O)n2ccc(-c3ccc(C#Cc4ccccc4)s3)n2)cc1. The van der Waals surface area contributed by atoms with E-state index < -0.39 is 10.0 Å². The monoisotopic (exact) mass is 404 g/mol. The van der Waals surface area contributed by atoms with Gasteiger partial charge in [0, 0.05) is 11.8 Å². The van der Waals surface area contributed by atoms with Crippen molar-refractivity contribution in [2.45, 2.75) is 11.8 Å². The van der Waals surface area contributed by atoms with Gasteiger partial charge in [-0.3, -0.25) is 0 Å². The first-order valence-electron chi connectivity index (χ1n) is 8.57. The molecule has 0 aliphatic rings. The molecule has 4 nitrogen and oxygen atoms in total. The second kappa shape index (κ2) is 7.47. The van der Waals surface area contributed by atoms with E-state index >= 15 is 0 Å². The van der Waals surface area contributed by atoms with Crippen molar-refractivity contribution in [2.75, 3.05) is 0 Å². The molecular weight excluding hydrogens is 388 g/mol. The van der Waals surface area contributed by atoms with Gasteiger partial charge in [-0.15, -0.1) is 11.3 Å². The number of benzene rings is 2. The quantitative estimate of drug-likeness (QED) is 0.471. The molecule has 0 saturated carbocycles. The van der Waals surface area contributed by atoms with Gasteiger partial charge in [-0.1, -0.05) is 47.7 Å². The summed E-state index contributed by atoms with van der Waals surface area (Å²) < 4.78 is 26.5. The molecule has 0 radical (unpaired) electrons. The van der Waals surface area contributed by atoms with Crippen LogP contribution in [0.15, 0.2) is 83.9 Å². The summed E-state index contributed by atoms with van der Waals surface area (Å²) in [6.45, 7) is 1.91. The molecule has 4 aromatic rings. The van der Waals surface area contributed by atoms with E-state index in [4.69, 9.17) is 0 Å². The lowest BCUT2D eigenvalue weighted by atomic mass is 10.2. The summed E-state index contributed by atoms with van der Waals surface area (Å²) in [6.07, 6.45) is 1.47. The largest absolute Gasteiger partial charge is 0.282 e. The van der Waals surface area contributed by atoms with Crippen molar-refractivity contribution in [3.8, 4) is 22.4 Å². The molecule has 138 valence electrons. The van der Waals surface area contributed by atoms with Crippen LogP contribution in [0.3, 0.4) is 0 Å². The topological polar surface area (TPSA) is 52.0 Å². The number of rotatable bonds is 3. The summed E-state index contributed by atoms with van der Waals surface area (Å²) in [5.74, 6) is 6.26. The van der Waals surface area contributed by atoms with Gasteiger partial charge in [0.05, 0.1) is 14.6 Å². The van der Waals surface area contributed by atoms with Crippen LogP contribution in [0.1, 0.15) is 16.0 Å². The van der Waals surface area contributed by atoms with Gasteiger partial charge in [0.15, 0.2) is 0 Å². The Labute approximate surface area is 168 Å². The van der Waals surface area contributed by atoms with Crippen LogP contribution in [0, 0.1) is 18.8 Å². The van der Waals surface area contributed by atoms with Gasteiger partial charge in [-0.2, -0.15) is 17.6 Å². The molecule has 0 amide bonds. The highest BCUT2D eigenvalue weighted by Gasteiger charge is 2.18. The predicted molar refractivity (Wildman–Crippen MR) is 112 cm³/mol. The van der Waals surface area contributed by atoms with E-state index in [0.717, 1.165) is 25.0 Å². The van der Waals surface area contributed by atoms with E-state index in [1.165, 1.54) is 17.5 Å². The van der Waals surface area contributed by atoms with Crippen molar-refractivity contribution < 1.29 is 8.42 Å². The highest BCUT2D eigenvalue weighted by molar-refractivity contribution is 7.89. The van der Waals surface area contributed by atoms with Gasteiger partial charge in [0.25, 0.3) is 10.0 Å². The van der Waals surface area contributed by atoms with Gasteiger partial charge >= 0.3 is 0 Å². The van der Waals surface area contributed by atoms with Crippen LogP contribution >= 0.6 is 11.3 Å². The standard InChI is InChI=1S/C22H16N2O2S2/c1-17-7-12-20(13-8-17)28(25,26)24-16-15-21(23-24)22-14-11-19(27-22)10-9-18-5-3-2-4-6-18/h2-8,11-16H,1H3. The third kappa shape index (κ3) is 3.77. The Balaban J connectivity index is 1.59. The minimum Gasteiger partial charge on any atom is -0.199 e. The summed E-state index contributed by atoms with van der Waals surface area (Å²) in [7, 11) is -3.70. The Kier molecular flexibility index (Phi) is 4.86. The third-order valence-corrected chi connectivity index (χ3v) is 6.68. The zero-order chi connectivity index (χ0) is 19.6. The van der Waals surface area contributed by atoms with E-state index in [1.54, 1.807) is 30.3 Å². The average molecular weight is 405 g/mol. The lowest BCUT2D eigenvalue weighted by Gasteiger charge is -2.04. The van der Waals surface area contributed by atoms with Crippen LogP contribution in [-0.2, 0) is 10.0 Å². The Bertz CT molecular complexity index is 1270. The van der Waals surface area contributed by atoms with Crippen LogP contribution in [-0.4, -0.2) is 17.6 Å². The van der Waals surface area contributed by atoms with Gasteiger partial charge in [0.2, 0.25) is 0 Å². The molecule has 0 aliphatic heterocycles. The first kappa shape index (κ1) is 18.2. The van der Waals surface area contributed by atoms with Crippen LogP contribution in [0.2, 0.25) is 0 Å². The lowest BCUT2D eigenvalue weighted by molar-refractivity contribution is 0.580. The number of nitrogens with zero attached hydrogens (tertiary/aromatic N) is 2. The van der Waals surface area contributed by atoms with Crippen molar-refractivity contribution in [3.05, 3.63) is 95.0 Å². The summed E-state index contributed by atoms with van der Waals surface area (Å²) in [4.78, 5) is 1.98. The molecule has 0 atom stereocenters. The number of hydrogen-bond acceptors (Lipinski definition) is 4. The first-order chi connectivity index (χ1) is 13.5. The minimum atomic E-state index is -3.70. The molecule has 2 heterocycles. The number of aryl methyl sites for hydroxylation is 1. The van der Waals surface area contributed by atoms with Crippen LogP contribution in [0.4, 0.5) is 0 Å². The van der Waals surface area contributed by atoms with Gasteiger partial charge < -0.3 is 0 Å². The van der Waals surface area contributed by atoms with E-state index in [1.807, 2.05) is 49.4 Å². The van der Waals surface area contributed by atoms with Crippen molar-refractivity contribution >= 4 is 21.4 Å². The second-order valence-corrected chi connectivity index (χ2v) is 9.05. The first-order valence-corrected chi connectivity index (χ1v) is 10.8. The second-order valence-electron chi connectivity index (χ2n) is 6.17. The zero-order valence-corrected chi connectivity index (χ0v) is 16.7. The fourth-order valence-corrected chi connectivity index (χ4v) is 4.53. The number of thiophene rings is 1. The van der Waals surface area contributed by atoms with Crippen molar-refractivity contribution in [1.82, 2.24) is 9.19 Å². The molecule has 28 heavy (non-hydrogen) atoms. The van der Waals surface area contributed by atoms with E-state index in [9.17, 15) is 8.42 Å². The van der Waals surface area contributed by atoms with Crippen molar-refractivity contribution in [2.24, 2.45) is 0 Å². The fraction of sp³-hybridized carbons (Fsp3) is 0.0455. The lowest BCUT2D eigenvalue weighted by Crippen LogP contribution is -2.13. The normalized spacial score (nSPS) is 11.0. The smallest absolute Gasteiger partial charge is 0.199 e. The third-order valence-electron chi connectivity index (χ3n) is 4.09. The molecule has 0 fully saturated rings. The predicted octanol–water partition coefficient (Wildman–Crippen LogP) is 4.56. The molecule has 0 bridgehead atoms. The molecule has 2 aromatic carbocycles. The molecule has 0 aliphatic carbocycles. The average Bonchev–Trinajstić information content (AvgIpc) is 3.37. The molecule has 0 unspecified atom stereocenters. The number of aromatic nitrogens is 2. The molecule has 0 saturated heterocycles. The fourth-order valence-electron chi connectivity index (χ4n) is 2.59. The summed E-state index contributed by atoms with van der Waals surface area (Å²) in [5, 5.41) is 4.27. The molecule has 6 heteroatoms. The molecule has 0 spiro atoms. The van der Waals surface area contributed by atoms with Crippen LogP contribution in [0.25, 0.3) is 10.6 Å². The van der Waals surface area contributed by atoms with Crippen LogP contribution in [0.5, 0.6) is 0 Å². The van der Waals surface area contributed by atoms with Gasteiger partial charge in [-0.05, 0) is 49.4 Å². The highest BCUT2D eigenvalue weighted by Crippen LogP contribution is 2.27. The van der Waals surface area contributed by atoms with Crippen molar-refractivity contribution in [1.29, 1.82) is 0 Å². The Morgan fingerprint density at radius 3 is 2.39 bits per heavy atom. The van der Waals surface area contributed by atoms with E-state index in [2.05, 4.69) is 16.9 Å². The maximum absolute atomic E-state index is 12.7. The molecule has 4 rings (SSSR count). The summed E-state index contributed by atoms with van der Waals surface area (Å²) >= 11 is 1.48. The van der Waals surface area contributed by atoms with Gasteiger partial charge in [0.1, 0.15) is 5.69 Å². The van der Waals surface area contributed by atoms with E-state index in [0.29, 0.717) is 5.69 Å². The minimum absolute atomic E-state index is 0.216. The zero-order valence-electron chi connectivity index (χ0n) is 15.0. The number of hydrogen-bond donors (Lipinski definition) is 0. The van der Waals surface area contributed by atoms with Crippen LogP contribution < -0.4 is 0 Å². The molecule has 0 N–H and O–H groups in total. The summed E-state index contributed by atoms with van der Waals surface area (Å²) in [6, 6.07) is 22.0. The van der Waals surface area contributed by atoms with E-state index in [-0.39, 0.29) is 4.90 Å².